The van der Waals surface area contributed by atoms with E-state index < -0.39 is 0 Å². The summed E-state index contributed by atoms with van der Waals surface area (Å²) >= 11 is 3.43. The van der Waals surface area contributed by atoms with Crippen molar-refractivity contribution >= 4 is 33.1 Å². The first-order valence-corrected chi connectivity index (χ1v) is 5.99. The molecular weight excluding hydrogens is 266 g/mol. The summed E-state index contributed by atoms with van der Waals surface area (Å²) in [6.45, 7) is 1.90. The fourth-order valence-electron chi connectivity index (χ4n) is 1.63. The minimum Gasteiger partial charge on any atom is -0.303 e. The molecule has 0 spiro atoms. The Morgan fingerprint density at radius 2 is 2.19 bits per heavy atom. The summed E-state index contributed by atoms with van der Waals surface area (Å²) in [5.74, 6) is 0.0281. The maximum absolute atomic E-state index is 10.6. The van der Waals surface area contributed by atoms with E-state index in [9.17, 15) is 4.79 Å². The highest BCUT2D eigenvalue weighted by molar-refractivity contribution is 9.10. The number of carbonyl (C=O) groups excluding carboxylic acids is 1. The molecule has 0 bridgehead atoms. The normalized spacial score (nSPS) is 12.6. The molecule has 0 radical (unpaired) electrons. The predicted molar refractivity (Wildman–Crippen MR) is 68.4 cm³/mol. The molecule has 1 atom stereocenters. The van der Waals surface area contributed by atoms with Gasteiger partial charge in [-0.2, -0.15) is 0 Å². The Hall–Kier alpha value is -1.22. The smallest absolute Gasteiger partial charge is 0.123 e. The van der Waals surface area contributed by atoms with Crippen LogP contribution in [0.3, 0.4) is 0 Å². The molecule has 1 unspecified atom stereocenters. The van der Waals surface area contributed by atoms with Crippen molar-refractivity contribution < 1.29 is 4.79 Å². The van der Waals surface area contributed by atoms with Crippen molar-refractivity contribution in [2.75, 3.05) is 0 Å². The number of hydrogen-bond donors (Lipinski definition) is 0. The minimum atomic E-state index is 0.0281. The van der Waals surface area contributed by atoms with Gasteiger partial charge in [-0.1, -0.05) is 28.9 Å². The van der Waals surface area contributed by atoms with Gasteiger partial charge in [0, 0.05) is 21.5 Å². The molecule has 0 aliphatic heterocycles. The Labute approximate surface area is 103 Å². The van der Waals surface area contributed by atoms with Gasteiger partial charge in [0.05, 0.1) is 5.52 Å². The lowest BCUT2D eigenvalue weighted by Gasteiger charge is -2.05. The maximum atomic E-state index is 10.6. The summed E-state index contributed by atoms with van der Waals surface area (Å²) in [6, 6.07) is 10.0. The average molecular weight is 278 g/mol. The van der Waals surface area contributed by atoms with Gasteiger partial charge in [-0.05, 0) is 30.7 Å². The van der Waals surface area contributed by atoms with E-state index in [2.05, 4.69) is 20.9 Å². The van der Waals surface area contributed by atoms with Crippen LogP contribution in [0.15, 0.2) is 34.8 Å². The maximum Gasteiger partial charge on any atom is 0.123 e. The van der Waals surface area contributed by atoms with E-state index in [1.807, 2.05) is 37.3 Å². The molecule has 0 saturated carbocycles. The molecule has 0 amide bonds. The fraction of sp³-hybridized carbons (Fsp3) is 0.231. The fourth-order valence-corrected chi connectivity index (χ4v) is 2.01. The number of fused-ring (bicyclic) bond motifs is 1. The summed E-state index contributed by atoms with van der Waals surface area (Å²) in [7, 11) is 0. The number of hydrogen-bond acceptors (Lipinski definition) is 2. The van der Waals surface area contributed by atoms with Crippen LogP contribution in [0.4, 0.5) is 0 Å². The number of aldehydes is 1. The highest BCUT2D eigenvalue weighted by Gasteiger charge is 2.04. The molecule has 1 aromatic heterocycles. The van der Waals surface area contributed by atoms with Crippen LogP contribution in [-0.4, -0.2) is 11.3 Å². The Morgan fingerprint density at radius 1 is 1.38 bits per heavy atom. The van der Waals surface area contributed by atoms with Crippen molar-refractivity contribution in [2.45, 2.75) is 13.3 Å². The monoisotopic (exact) mass is 277 g/mol. The molecule has 16 heavy (non-hydrogen) atoms. The van der Waals surface area contributed by atoms with Gasteiger partial charge in [-0.25, -0.2) is 0 Å². The lowest BCUT2D eigenvalue weighted by molar-refractivity contribution is -0.110. The molecule has 0 aliphatic carbocycles. The van der Waals surface area contributed by atoms with E-state index >= 15 is 0 Å². The van der Waals surface area contributed by atoms with Crippen LogP contribution >= 0.6 is 15.9 Å². The number of benzene rings is 1. The van der Waals surface area contributed by atoms with Crippen molar-refractivity contribution in [1.29, 1.82) is 0 Å². The Morgan fingerprint density at radius 3 is 2.94 bits per heavy atom. The molecule has 2 nitrogen and oxygen atoms in total. The zero-order chi connectivity index (χ0) is 11.5. The molecule has 82 valence electrons. The summed E-state index contributed by atoms with van der Waals surface area (Å²) < 4.78 is 1.05. The van der Waals surface area contributed by atoms with Crippen LogP contribution in [0.25, 0.3) is 10.9 Å². The Balaban J connectivity index is 2.36. The van der Waals surface area contributed by atoms with Crippen LogP contribution < -0.4 is 0 Å². The molecule has 1 aromatic carbocycles. The van der Waals surface area contributed by atoms with Gasteiger partial charge < -0.3 is 4.79 Å². The molecular formula is C13H12BrNO. The third kappa shape index (κ3) is 2.47. The highest BCUT2D eigenvalue weighted by Crippen LogP contribution is 2.19. The summed E-state index contributed by atoms with van der Waals surface area (Å²) in [6.07, 6.45) is 1.67. The second-order valence-corrected chi connectivity index (χ2v) is 4.87. The molecule has 0 N–H and O–H groups in total. The van der Waals surface area contributed by atoms with Gasteiger partial charge in [0.25, 0.3) is 0 Å². The SMILES string of the molecule is CC(C=O)Cc1ccc2cc(Br)ccc2n1. The zero-order valence-corrected chi connectivity index (χ0v) is 10.6. The predicted octanol–water partition coefficient (Wildman–Crippen LogP) is 3.37. The number of pyridine rings is 1. The van der Waals surface area contributed by atoms with Crippen LogP contribution in [0.1, 0.15) is 12.6 Å². The van der Waals surface area contributed by atoms with Crippen molar-refractivity contribution in [3.63, 3.8) is 0 Å². The van der Waals surface area contributed by atoms with E-state index in [4.69, 9.17) is 0 Å². The van der Waals surface area contributed by atoms with Crippen LogP contribution in [-0.2, 0) is 11.2 Å². The second kappa shape index (κ2) is 4.74. The molecule has 3 heteroatoms. The van der Waals surface area contributed by atoms with Gasteiger partial charge in [0.2, 0.25) is 0 Å². The second-order valence-electron chi connectivity index (χ2n) is 3.96. The first-order chi connectivity index (χ1) is 7.69. The third-order valence-corrected chi connectivity index (χ3v) is 2.97. The van der Waals surface area contributed by atoms with Gasteiger partial charge in [-0.15, -0.1) is 0 Å². The van der Waals surface area contributed by atoms with Crippen molar-refractivity contribution in [1.82, 2.24) is 4.98 Å². The number of rotatable bonds is 3. The first-order valence-electron chi connectivity index (χ1n) is 5.19. The molecule has 0 fully saturated rings. The Kier molecular flexibility index (Phi) is 3.34. The molecule has 0 aliphatic rings. The largest absolute Gasteiger partial charge is 0.303 e. The molecule has 2 rings (SSSR count). The molecule has 2 aromatic rings. The van der Waals surface area contributed by atoms with Gasteiger partial charge in [0.15, 0.2) is 0 Å². The minimum absolute atomic E-state index is 0.0281. The van der Waals surface area contributed by atoms with Crippen LogP contribution in [0.2, 0.25) is 0 Å². The van der Waals surface area contributed by atoms with E-state index in [1.165, 1.54) is 0 Å². The summed E-state index contributed by atoms with van der Waals surface area (Å²) in [4.78, 5) is 15.1. The van der Waals surface area contributed by atoms with E-state index in [0.29, 0.717) is 6.42 Å². The zero-order valence-electron chi connectivity index (χ0n) is 8.98. The number of aromatic nitrogens is 1. The van der Waals surface area contributed by atoms with E-state index in [0.717, 1.165) is 27.4 Å². The third-order valence-electron chi connectivity index (χ3n) is 2.47. The topological polar surface area (TPSA) is 30.0 Å². The number of nitrogens with zero attached hydrogens (tertiary/aromatic N) is 1. The van der Waals surface area contributed by atoms with E-state index in [-0.39, 0.29) is 5.92 Å². The van der Waals surface area contributed by atoms with Crippen molar-refractivity contribution in [3.8, 4) is 0 Å². The Bertz CT molecular complexity index is 524. The van der Waals surface area contributed by atoms with Gasteiger partial charge in [-0.3, -0.25) is 4.98 Å². The molecule has 1 heterocycles. The van der Waals surface area contributed by atoms with Gasteiger partial charge >= 0.3 is 0 Å². The van der Waals surface area contributed by atoms with Crippen molar-refractivity contribution in [3.05, 3.63) is 40.5 Å². The lowest BCUT2D eigenvalue weighted by atomic mass is 10.1. The number of halogens is 1. The quantitative estimate of drug-likeness (QED) is 0.806. The highest BCUT2D eigenvalue weighted by atomic mass is 79.9. The van der Waals surface area contributed by atoms with Crippen LogP contribution in [0.5, 0.6) is 0 Å². The van der Waals surface area contributed by atoms with Crippen molar-refractivity contribution in [2.24, 2.45) is 5.92 Å². The van der Waals surface area contributed by atoms with Crippen LogP contribution in [0, 0.1) is 5.92 Å². The summed E-state index contributed by atoms with van der Waals surface area (Å²) in [5.41, 5.74) is 1.94. The van der Waals surface area contributed by atoms with E-state index in [1.54, 1.807) is 0 Å². The summed E-state index contributed by atoms with van der Waals surface area (Å²) in [5, 5.41) is 1.11. The average Bonchev–Trinajstić information content (AvgIpc) is 2.29. The first kappa shape index (κ1) is 11.3. The number of carbonyl (C=O) groups is 1. The van der Waals surface area contributed by atoms with Gasteiger partial charge in [0.1, 0.15) is 6.29 Å². The lowest BCUT2D eigenvalue weighted by Crippen LogP contribution is -2.02. The molecule has 0 saturated heterocycles. The standard InChI is InChI=1S/C13H12BrNO/c1-9(8-16)6-12-4-2-10-7-11(14)3-5-13(10)15-12/h2-5,7-9H,6H2,1H3.